The molecule has 0 aliphatic heterocycles. The van der Waals surface area contributed by atoms with Crippen LogP contribution in [0.1, 0.15) is 39.5 Å². The third kappa shape index (κ3) is 3.94. The van der Waals surface area contributed by atoms with Crippen LogP contribution in [-0.2, 0) is 0 Å². The van der Waals surface area contributed by atoms with E-state index in [4.69, 9.17) is 5.73 Å². The van der Waals surface area contributed by atoms with Crippen molar-refractivity contribution in [1.82, 2.24) is 9.80 Å². The fourth-order valence-corrected chi connectivity index (χ4v) is 2.62. The van der Waals surface area contributed by atoms with Crippen LogP contribution in [0.3, 0.4) is 0 Å². The van der Waals surface area contributed by atoms with Gasteiger partial charge in [-0.2, -0.15) is 0 Å². The van der Waals surface area contributed by atoms with Crippen LogP contribution in [0, 0.1) is 5.92 Å². The first-order valence-corrected chi connectivity index (χ1v) is 6.99. The Labute approximate surface area is 107 Å². The van der Waals surface area contributed by atoms with E-state index >= 15 is 0 Å². The maximum absolute atomic E-state index is 6.10. The standard InChI is InChI=1S/C14H31N3/c1-12(2)13(15)7-10-17(5)11-14(16(3)4)8-6-9-14/h12-13H,6-11,15H2,1-5H3. The molecule has 3 heteroatoms. The molecule has 1 aliphatic rings. The van der Waals surface area contributed by atoms with Crippen LogP contribution in [0.25, 0.3) is 0 Å². The molecule has 1 atom stereocenters. The summed E-state index contributed by atoms with van der Waals surface area (Å²) >= 11 is 0. The molecule has 102 valence electrons. The number of hydrogen-bond acceptors (Lipinski definition) is 3. The number of hydrogen-bond donors (Lipinski definition) is 1. The van der Waals surface area contributed by atoms with Crippen LogP contribution >= 0.6 is 0 Å². The highest BCUT2D eigenvalue weighted by Gasteiger charge is 2.39. The first kappa shape index (κ1) is 14.9. The summed E-state index contributed by atoms with van der Waals surface area (Å²) in [7, 11) is 6.66. The SMILES string of the molecule is CC(C)C(N)CCN(C)CC1(N(C)C)CCC1. The van der Waals surface area contributed by atoms with E-state index in [2.05, 4.69) is 44.8 Å². The lowest BCUT2D eigenvalue weighted by Crippen LogP contribution is -2.56. The van der Waals surface area contributed by atoms with Gasteiger partial charge < -0.3 is 15.5 Å². The summed E-state index contributed by atoms with van der Waals surface area (Å²) < 4.78 is 0. The molecule has 0 aromatic rings. The molecule has 1 rings (SSSR count). The number of nitrogens with zero attached hydrogens (tertiary/aromatic N) is 2. The van der Waals surface area contributed by atoms with Crippen LogP contribution < -0.4 is 5.73 Å². The Hall–Kier alpha value is -0.120. The van der Waals surface area contributed by atoms with E-state index in [0.29, 0.717) is 17.5 Å². The van der Waals surface area contributed by atoms with Crippen molar-refractivity contribution < 1.29 is 0 Å². The maximum Gasteiger partial charge on any atom is 0.0330 e. The van der Waals surface area contributed by atoms with Gasteiger partial charge in [0.2, 0.25) is 0 Å². The molecule has 0 heterocycles. The normalized spacial score (nSPS) is 21.0. The zero-order valence-corrected chi connectivity index (χ0v) is 12.4. The highest BCUT2D eigenvalue weighted by molar-refractivity contribution is 4.97. The largest absolute Gasteiger partial charge is 0.327 e. The molecule has 3 nitrogen and oxygen atoms in total. The molecule has 0 aromatic carbocycles. The Morgan fingerprint density at radius 2 is 1.76 bits per heavy atom. The second-order valence-electron chi connectivity index (χ2n) is 6.41. The monoisotopic (exact) mass is 241 g/mol. The smallest absolute Gasteiger partial charge is 0.0330 e. The van der Waals surface area contributed by atoms with Crippen molar-refractivity contribution in [3.8, 4) is 0 Å². The fraction of sp³-hybridized carbons (Fsp3) is 1.00. The van der Waals surface area contributed by atoms with Crippen LogP contribution in [0.2, 0.25) is 0 Å². The first-order chi connectivity index (χ1) is 7.87. The molecular formula is C14H31N3. The number of nitrogens with two attached hydrogens (primary N) is 1. The van der Waals surface area contributed by atoms with E-state index in [0.717, 1.165) is 13.0 Å². The van der Waals surface area contributed by atoms with E-state index in [1.165, 1.54) is 25.8 Å². The van der Waals surface area contributed by atoms with Crippen LogP contribution in [0.5, 0.6) is 0 Å². The minimum atomic E-state index is 0.342. The second-order valence-corrected chi connectivity index (χ2v) is 6.41. The van der Waals surface area contributed by atoms with Crippen molar-refractivity contribution in [2.75, 3.05) is 34.2 Å². The minimum Gasteiger partial charge on any atom is -0.327 e. The van der Waals surface area contributed by atoms with Crippen molar-refractivity contribution in [3.63, 3.8) is 0 Å². The van der Waals surface area contributed by atoms with Crippen LogP contribution in [-0.4, -0.2) is 55.6 Å². The Morgan fingerprint density at radius 1 is 1.18 bits per heavy atom. The van der Waals surface area contributed by atoms with Gasteiger partial charge in [0.15, 0.2) is 0 Å². The quantitative estimate of drug-likeness (QED) is 0.737. The Kier molecular flexibility index (Phi) is 5.42. The van der Waals surface area contributed by atoms with Gasteiger partial charge in [-0.25, -0.2) is 0 Å². The summed E-state index contributed by atoms with van der Waals surface area (Å²) in [5.41, 5.74) is 6.54. The van der Waals surface area contributed by atoms with E-state index in [9.17, 15) is 0 Å². The molecule has 0 amide bonds. The van der Waals surface area contributed by atoms with Crippen molar-refractivity contribution in [1.29, 1.82) is 0 Å². The zero-order valence-electron chi connectivity index (χ0n) is 12.4. The number of rotatable bonds is 7. The summed E-state index contributed by atoms with van der Waals surface area (Å²) in [4.78, 5) is 4.87. The Morgan fingerprint density at radius 3 is 2.12 bits per heavy atom. The van der Waals surface area contributed by atoms with Gasteiger partial charge in [0, 0.05) is 18.1 Å². The second kappa shape index (κ2) is 6.17. The van der Waals surface area contributed by atoms with Crippen molar-refractivity contribution in [3.05, 3.63) is 0 Å². The zero-order chi connectivity index (χ0) is 13.1. The summed E-state index contributed by atoms with van der Waals surface area (Å²) in [6, 6.07) is 0.342. The highest BCUT2D eigenvalue weighted by Crippen LogP contribution is 2.36. The van der Waals surface area contributed by atoms with Crippen LogP contribution in [0.4, 0.5) is 0 Å². The van der Waals surface area contributed by atoms with E-state index < -0.39 is 0 Å². The lowest BCUT2D eigenvalue weighted by Gasteiger charge is -2.49. The number of likely N-dealkylation sites (N-methyl/N-ethyl adjacent to an activating group) is 2. The lowest BCUT2D eigenvalue weighted by molar-refractivity contribution is 0.0270. The van der Waals surface area contributed by atoms with Gasteiger partial charge in [-0.1, -0.05) is 13.8 Å². The average Bonchev–Trinajstić information content (AvgIpc) is 2.19. The minimum absolute atomic E-state index is 0.342. The first-order valence-electron chi connectivity index (χ1n) is 6.99. The molecule has 1 unspecified atom stereocenters. The van der Waals surface area contributed by atoms with Gasteiger partial charge >= 0.3 is 0 Å². The predicted octanol–water partition coefficient (Wildman–Crippen LogP) is 1.78. The van der Waals surface area contributed by atoms with Crippen molar-refractivity contribution >= 4 is 0 Å². The van der Waals surface area contributed by atoms with Gasteiger partial charge in [0.1, 0.15) is 0 Å². The summed E-state index contributed by atoms with van der Waals surface area (Å²) in [6.45, 7) is 6.72. The summed E-state index contributed by atoms with van der Waals surface area (Å²) in [5, 5.41) is 0. The molecule has 0 bridgehead atoms. The topological polar surface area (TPSA) is 32.5 Å². The van der Waals surface area contributed by atoms with E-state index in [-0.39, 0.29) is 0 Å². The third-order valence-electron chi connectivity index (χ3n) is 4.50. The fourth-order valence-electron chi connectivity index (χ4n) is 2.62. The predicted molar refractivity (Wildman–Crippen MR) is 75.2 cm³/mol. The molecule has 1 fully saturated rings. The van der Waals surface area contributed by atoms with Crippen molar-refractivity contribution in [2.24, 2.45) is 11.7 Å². The molecule has 0 saturated heterocycles. The van der Waals surface area contributed by atoms with Crippen LogP contribution in [0.15, 0.2) is 0 Å². The molecular weight excluding hydrogens is 210 g/mol. The highest BCUT2D eigenvalue weighted by atomic mass is 15.2. The molecule has 0 aromatic heterocycles. The van der Waals surface area contributed by atoms with Gasteiger partial charge in [-0.05, 0) is 59.3 Å². The van der Waals surface area contributed by atoms with Gasteiger partial charge in [0.05, 0.1) is 0 Å². The Balaban J connectivity index is 2.31. The summed E-state index contributed by atoms with van der Waals surface area (Å²) in [5.74, 6) is 0.593. The molecule has 0 spiro atoms. The van der Waals surface area contributed by atoms with Gasteiger partial charge in [-0.15, -0.1) is 0 Å². The Bertz CT molecular complexity index is 222. The molecule has 1 aliphatic carbocycles. The van der Waals surface area contributed by atoms with Gasteiger partial charge in [0.25, 0.3) is 0 Å². The van der Waals surface area contributed by atoms with E-state index in [1.807, 2.05) is 0 Å². The van der Waals surface area contributed by atoms with E-state index in [1.54, 1.807) is 0 Å². The van der Waals surface area contributed by atoms with Gasteiger partial charge in [-0.3, -0.25) is 0 Å². The molecule has 1 saturated carbocycles. The molecule has 17 heavy (non-hydrogen) atoms. The summed E-state index contributed by atoms with van der Waals surface area (Å²) in [6.07, 6.45) is 5.19. The molecule has 0 radical (unpaired) electrons. The maximum atomic E-state index is 6.10. The average molecular weight is 241 g/mol. The third-order valence-corrected chi connectivity index (χ3v) is 4.50. The molecule has 2 N–H and O–H groups in total. The van der Waals surface area contributed by atoms with Crippen molar-refractivity contribution in [2.45, 2.75) is 51.1 Å². The lowest BCUT2D eigenvalue weighted by atomic mass is 9.75.